The molecule has 7 nitrogen and oxygen atoms in total. The van der Waals surface area contributed by atoms with E-state index in [1.54, 1.807) is 12.1 Å². The first kappa shape index (κ1) is 28.0. The van der Waals surface area contributed by atoms with Crippen molar-refractivity contribution in [2.24, 2.45) is 11.0 Å². The van der Waals surface area contributed by atoms with Crippen molar-refractivity contribution in [3.05, 3.63) is 56.0 Å². The van der Waals surface area contributed by atoms with E-state index in [4.69, 9.17) is 32.7 Å². The zero-order chi connectivity index (χ0) is 25.3. The van der Waals surface area contributed by atoms with Gasteiger partial charge in [-0.1, -0.05) is 44.0 Å². The fraction of sp³-hybridized carbons (Fsp3) is 0.375. The van der Waals surface area contributed by atoms with Crippen LogP contribution in [0.15, 0.2) is 39.9 Å². The molecule has 0 bridgehead atoms. The summed E-state index contributed by atoms with van der Waals surface area (Å²) in [5.74, 6) is 0.0571. The highest BCUT2D eigenvalue weighted by atomic mass is 79.9. The molecule has 0 aliphatic heterocycles. The Labute approximate surface area is 218 Å². The van der Waals surface area contributed by atoms with Crippen molar-refractivity contribution < 1.29 is 19.1 Å². The summed E-state index contributed by atoms with van der Waals surface area (Å²) in [6, 6.07) is 7.30. The quantitative estimate of drug-likeness (QED) is 0.261. The van der Waals surface area contributed by atoms with Crippen molar-refractivity contribution in [1.82, 2.24) is 10.7 Å². The second kappa shape index (κ2) is 13.6. The molecule has 2 aromatic carbocycles. The van der Waals surface area contributed by atoms with E-state index in [1.165, 1.54) is 18.3 Å². The second-order valence-electron chi connectivity index (χ2n) is 7.67. The molecule has 0 saturated heterocycles. The average molecular weight is 573 g/mol. The Morgan fingerprint density at radius 3 is 2.50 bits per heavy atom. The summed E-state index contributed by atoms with van der Waals surface area (Å²) in [5.41, 5.74) is 3.41. The van der Waals surface area contributed by atoms with Crippen molar-refractivity contribution in [2.75, 3.05) is 13.2 Å². The van der Waals surface area contributed by atoms with Gasteiger partial charge in [-0.25, -0.2) is 5.43 Å². The lowest BCUT2D eigenvalue weighted by atomic mass is 10.0. The number of carbonyl (C=O) groups is 2. The van der Waals surface area contributed by atoms with E-state index in [0.717, 1.165) is 6.42 Å². The first-order valence-corrected chi connectivity index (χ1v) is 12.4. The Bertz CT molecular complexity index is 1050. The zero-order valence-electron chi connectivity index (χ0n) is 19.5. The number of hydrogen-bond donors (Lipinski definition) is 2. The highest BCUT2D eigenvalue weighted by molar-refractivity contribution is 9.10. The molecule has 2 rings (SSSR count). The monoisotopic (exact) mass is 571 g/mol. The fourth-order valence-corrected chi connectivity index (χ4v) is 4.01. The van der Waals surface area contributed by atoms with Crippen LogP contribution in [0.4, 0.5) is 0 Å². The van der Waals surface area contributed by atoms with E-state index in [-0.39, 0.29) is 16.5 Å². The number of nitrogens with zero attached hydrogens (tertiary/aromatic N) is 1. The fourth-order valence-electron chi connectivity index (χ4n) is 2.94. The molecule has 0 aliphatic carbocycles. The smallest absolute Gasteiger partial charge is 0.262 e. The van der Waals surface area contributed by atoms with Gasteiger partial charge in [0.1, 0.15) is 6.04 Å². The number of rotatable bonds is 11. The highest BCUT2D eigenvalue weighted by Crippen LogP contribution is 2.36. The van der Waals surface area contributed by atoms with Gasteiger partial charge in [0.05, 0.1) is 34.5 Å². The maximum atomic E-state index is 12.7. The molecule has 0 aliphatic rings. The van der Waals surface area contributed by atoms with Gasteiger partial charge in [0, 0.05) is 5.02 Å². The molecule has 0 aromatic heterocycles. The van der Waals surface area contributed by atoms with Crippen LogP contribution >= 0.6 is 39.1 Å². The van der Waals surface area contributed by atoms with E-state index in [1.807, 2.05) is 33.8 Å². The number of amides is 2. The standard InChI is InChI=1S/C24H28BrCl2N3O4/c1-5-9-34-22-18(25)10-15(11-20(22)33-6-2)13-28-30-24(32)21(14(3)4)29-23(31)17-8-7-16(26)12-19(17)27/h7-8,10-14,21H,5-6,9H2,1-4H3,(H,29,31)(H,30,32). The Hall–Kier alpha value is -2.29. The molecule has 1 unspecified atom stereocenters. The first-order valence-electron chi connectivity index (χ1n) is 10.9. The summed E-state index contributed by atoms with van der Waals surface area (Å²) in [4.78, 5) is 25.4. The number of halogens is 3. The number of benzene rings is 2. The largest absolute Gasteiger partial charge is 0.490 e. The second-order valence-corrected chi connectivity index (χ2v) is 9.36. The van der Waals surface area contributed by atoms with Crippen molar-refractivity contribution in [1.29, 1.82) is 0 Å². The molecule has 2 aromatic rings. The van der Waals surface area contributed by atoms with Crippen molar-refractivity contribution in [2.45, 2.75) is 40.2 Å². The Balaban J connectivity index is 2.12. The van der Waals surface area contributed by atoms with Crippen LogP contribution in [0.2, 0.25) is 10.0 Å². The summed E-state index contributed by atoms with van der Waals surface area (Å²) in [6.07, 6.45) is 2.36. The molecule has 2 amide bonds. The molecular formula is C24H28BrCl2N3O4. The summed E-state index contributed by atoms with van der Waals surface area (Å²) in [7, 11) is 0. The number of nitrogens with one attached hydrogen (secondary N) is 2. The van der Waals surface area contributed by atoms with Gasteiger partial charge in [-0.05, 0) is 71.1 Å². The Morgan fingerprint density at radius 2 is 1.88 bits per heavy atom. The van der Waals surface area contributed by atoms with Gasteiger partial charge in [-0.15, -0.1) is 0 Å². The van der Waals surface area contributed by atoms with Gasteiger partial charge in [0.2, 0.25) is 0 Å². The number of ether oxygens (including phenoxy) is 2. The minimum absolute atomic E-state index is 0.195. The van der Waals surface area contributed by atoms with Crippen LogP contribution in [-0.2, 0) is 4.79 Å². The maximum absolute atomic E-state index is 12.7. The molecule has 0 saturated carbocycles. The third-order valence-corrected chi connectivity index (χ3v) is 5.72. The van der Waals surface area contributed by atoms with Gasteiger partial charge in [0.15, 0.2) is 11.5 Å². The SMILES string of the molecule is CCCOc1c(Br)cc(C=NNC(=O)C(NC(=O)c2ccc(Cl)cc2Cl)C(C)C)cc1OCC. The molecule has 1 atom stereocenters. The van der Waals surface area contributed by atoms with E-state index in [0.29, 0.717) is 39.8 Å². The van der Waals surface area contributed by atoms with Crippen LogP contribution in [0, 0.1) is 5.92 Å². The minimum atomic E-state index is -0.827. The van der Waals surface area contributed by atoms with E-state index in [9.17, 15) is 9.59 Å². The lowest BCUT2D eigenvalue weighted by Crippen LogP contribution is -2.48. The molecule has 0 heterocycles. The Kier molecular flexibility index (Phi) is 11.1. The van der Waals surface area contributed by atoms with E-state index in [2.05, 4.69) is 31.8 Å². The molecule has 0 fully saturated rings. The topological polar surface area (TPSA) is 89.0 Å². The van der Waals surface area contributed by atoms with Gasteiger partial charge < -0.3 is 14.8 Å². The van der Waals surface area contributed by atoms with Crippen molar-refractivity contribution in [3.63, 3.8) is 0 Å². The maximum Gasteiger partial charge on any atom is 0.262 e. The van der Waals surface area contributed by atoms with Gasteiger partial charge in [-0.2, -0.15) is 5.10 Å². The van der Waals surface area contributed by atoms with Crippen LogP contribution < -0.4 is 20.2 Å². The zero-order valence-corrected chi connectivity index (χ0v) is 22.6. The third kappa shape index (κ3) is 7.89. The summed E-state index contributed by atoms with van der Waals surface area (Å²) >= 11 is 15.5. The van der Waals surface area contributed by atoms with Crippen molar-refractivity contribution in [3.8, 4) is 11.5 Å². The molecule has 34 heavy (non-hydrogen) atoms. The predicted octanol–water partition coefficient (Wildman–Crippen LogP) is 5.85. The lowest BCUT2D eigenvalue weighted by Gasteiger charge is -2.20. The summed E-state index contributed by atoms with van der Waals surface area (Å²) in [5, 5.41) is 7.38. The molecule has 10 heteroatoms. The van der Waals surface area contributed by atoms with Crippen LogP contribution in [0.5, 0.6) is 11.5 Å². The lowest BCUT2D eigenvalue weighted by molar-refractivity contribution is -0.123. The third-order valence-electron chi connectivity index (χ3n) is 4.58. The number of hydrogen-bond acceptors (Lipinski definition) is 5. The van der Waals surface area contributed by atoms with Gasteiger partial charge >= 0.3 is 0 Å². The number of hydrazone groups is 1. The van der Waals surface area contributed by atoms with Crippen LogP contribution in [-0.4, -0.2) is 37.3 Å². The summed E-state index contributed by atoms with van der Waals surface area (Å²) < 4.78 is 12.2. The van der Waals surface area contributed by atoms with Gasteiger partial charge in [0.25, 0.3) is 11.8 Å². The van der Waals surface area contributed by atoms with Crippen LogP contribution in [0.3, 0.4) is 0 Å². The van der Waals surface area contributed by atoms with Gasteiger partial charge in [-0.3, -0.25) is 9.59 Å². The summed E-state index contributed by atoms with van der Waals surface area (Å²) in [6.45, 7) is 8.58. The molecule has 0 radical (unpaired) electrons. The van der Waals surface area contributed by atoms with Crippen LogP contribution in [0.25, 0.3) is 0 Å². The molecular weight excluding hydrogens is 545 g/mol. The average Bonchev–Trinajstić information content (AvgIpc) is 2.76. The normalized spacial score (nSPS) is 12.0. The molecule has 184 valence electrons. The number of carbonyl (C=O) groups excluding carboxylic acids is 2. The van der Waals surface area contributed by atoms with E-state index >= 15 is 0 Å². The first-order chi connectivity index (χ1) is 16.2. The minimum Gasteiger partial charge on any atom is -0.490 e. The molecule has 2 N–H and O–H groups in total. The van der Waals surface area contributed by atoms with Crippen molar-refractivity contribution >= 4 is 57.2 Å². The van der Waals surface area contributed by atoms with Crippen LogP contribution in [0.1, 0.15) is 50.0 Å². The molecule has 0 spiro atoms. The Morgan fingerprint density at radius 1 is 1.15 bits per heavy atom. The highest BCUT2D eigenvalue weighted by Gasteiger charge is 2.25. The predicted molar refractivity (Wildman–Crippen MR) is 139 cm³/mol. The van der Waals surface area contributed by atoms with E-state index < -0.39 is 17.9 Å².